The smallest absolute Gasteiger partial charge is 0.292 e. The van der Waals surface area contributed by atoms with Gasteiger partial charge in [0.05, 0.1) is 11.8 Å². The molecule has 0 aromatic carbocycles. The summed E-state index contributed by atoms with van der Waals surface area (Å²) in [5, 5.41) is 16.4. The minimum Gasteiger partial charge on any atom is -1.00 e. The Hall–Kier alpha value is -1.99. The first-order chi connectivity index (χ1) is 8.78. The number of halogens is 1. The second-order valence-corrected chi connectivity index (χ2v) is 4.33. The van der Waals surface area contributed by atoms with Crippen LogP contribution in [0.4, 0.5) is 5.13 Å². The van der Waals surface area contributed by atoms with Gasteiger partial charge in [-0.15, -0.1) is 11.3 Å². The molecule has 2 rings (SSSR count). The third-order valence-corrected chi connectivity index (χ3v) is 2.78. The number of thiazole rings is 1. The molecule has 0 spiro atoms. The molecule has 0 bridgehead atoms. The van der Waals surface area contributed by atoms with Crippen LogP contribution >= 0.6 is 11.3 Å². The molecule has 0 aliphatic heterocycles. The quantitative estimate of drug-likeness (QED) is 0.293. The third-order valence-electron chi connectivity index (χ3n) is 2.09. The number of nitrogens with zero attached hydrogens (tertiary/aromatic N) is 3. The number of carbonyl (C=O) groups excluding carboxylic acids is 1. The van der Waals surface area contributed by atoms with Crippen LogP contribution < -0.4 is 22.3 Å². The average molecular weight is 299 g/mol. The number of pyridine rings is 1. The van der Waals surface area contributed by atoms with E-state index in [0.717, 1.165) is 0 Å². The molecule has 2 aromatic heterocycles. The van der Waals surface area contributed by atoms with E-state index < -0.39 is 0 Å². The van der Waals surface area contributed by atoms with Gasteiger partial charge in [0, 0.05) is 17.6 Å². The Balaban J connectivity index is 0.00000180. The molecule has 0 aliphatic rings. The highest BCUT2D eigenvalue weighted by molar-refractivity contribution is 7.13. The maximum Gasteiger partial charge on any atom is 0.292 e. The highest BCUT2D eigenvalue weighted by Gasteiger charge is 2.10. The van der Waals surface area contributed by atoms with Crippen LogP contribution in [0.3, 0.4) is 0 Å². The first-order valence-electron chi connectivity index (χ1n) is 5.14. The van der Waals surface area contributed by atoms with Gasteiger partial charge in [-0.25, -0.2) is 4.98 Å². The molecule has 19 heavy (non-hydrogen) atoms. The monoisotopic (exact) mass is 298 g/mol. The van der Waals surface area contributed by atoms with E-state index in [9.17, 15) is 4.79 Å². The van der Waals surface area contributed by atoms with Gasteiger partial charge >= 0.3 is 0 Å². The molecule has 0 fully saturated rings. The number of rotatable bonds is 4. The topological polar surface area (TPSA) is 78.5 Å². The zero-order chi connectivity index (χ0) is 12.8. The predicted molar refractivity (Wildman–Crippen MR) is 66.8 cm³/mol. The van der Waals surface area contributed by atoms with Crippen molar-refractivity contribution in [3.05, 3.63) is 41.7 Å². The largest absolute Gasteiger partial charge is 1.00 e. The van der Waals surface area contributed by atoms with Gasteiger partial charge in [-0.3, -0.25) is 10.1 Å². The Morgan fingerprint density at radius 1 is 1.63 bits per heavy atom. The van der Waals surface area contributed by atoms with Gasteiger partial charge < -0.3 is 17.6 Å². The van der Waals surface area contributed by atoms with Crippen molar-refractivity contribution in [2.75, 3.05) is 5.32 Å². The Morgan fingerprint density at radius 3 is 3.16 bits per heavy atom. The number of aromatic nitrogens is 2. The number of oxime groups is 1. The standard InChI is InChI=1S/C11H10N4O2S.ClH/c16-10(14-11-12-3-5-18-11)8-15-4-1-2-9(7-15)6-13-17;/h1-7H,8H2,(H-,12,14,16,17);1H/b13-6+;. The van der Waals surface area contributed by atoms with Crippen LogP contribution in [0.25, 0.3) is 0 Å². The second kappa shape index (κ2) is 7.45. The van der Waals surface area contributed by atoms with E-state index in [1.807, 2.05) is 0 Å². The highest BCUT2D eigenvalue weighted by Crippen LogP contribution is 2.09. The van der Waals surface area contributed by atoms with Gasteiger partial charge in [-0.2, -0.15) is 4.57 Å². The van der Waals surface area contributed by atoms with Crippen molar-refractivity contribution in [2.24, 2.45) is 5.16 Å². The van der Waals surface area contributed by atoms with E-state index >= 15 is 0 Å². The minimum atomic E-state index is -0.159. The van der Waals surface area contributed by atoms with Gasteiger partial charge in [-0.05, 0) is 6.07 Å². The van der Waals surface area contributed by atoms with Gasteiger partial charge in [-0.1, -0.05) is 5.16 Å². The molecule has 0 unspecified atom stereocenters. The fourth-order valence-corrected chi connectivity index (χ4v) is 1.94. The number of amides is 1. The molecular weight excluding hydrogens is 288 g/mol. The van der Waals surface area contributed by atoms with Crippen LogP contribution in [0.2, 0.25) is 0 Å². The number of hydrogen-bond donors (Lipinski definition) is 2. The van der Waals surface area contributed by atoms with Gasteiger partial charge in [0.2, 0.25) is 6.54 Å². The fraction of sp³-hybridized carbons (Fsp3) is 0.0909. The first kappa shape index (κ1) is 15.1. The van der Waals surface area contributed by atoms with Crippen molar-refractivity contribution in [2.45, 2.75) is 6.54 Å². The SMILES string of the molecule is O=C(C[n+]1cccc(/C=N/O)c1)Nc1nccs1.[Cl-]. The van der Waals surface area contributed by atoms with Crippen molar-refractivity contribution < 1.29 is 27.0 Å². The predicted octanol–water partition coefficient (Wildman–Crippen LogP) is -2.12. The maximum atomic E-state index is 11.7. The van der Waals surface area contributed by atoms with Gasteiger partial charge in [0.1, 0.15) is 0 Å². The molecule has 2 aromatic rings. The molecule has 0 saturated heterocycles. The van der Waals surface area contributed by atoms with Crippen LogP contribution in [0, 0.1) is 0 Å². The van der Waals surface area contributed by atoms with Crippen molar-refractivity contribution in [3.63, 3.8) is 0 Å². The molecule has 0 atom stereocenters. The summed E-state index contributed by atoms with van der Waals surface area (Å²) in [6.45, 7) is 0.173. The lowest BCUT2D eigenvalue weighted by atomic mass is 10.3. The van der Waals surface area contributed by atoms with Crippen LogP contribution in [0.5, 0.6) is 0 Å². The zero-order valence-electron chi connectivity index (χ0n) is 9.73. The molecule has 100 valence electrons. The van der Waals surface area contributed by atoms with E-state index in [4.69, 9.17) is 5.21 Å². The van der Waals surface area contributed by atoms with Crippen LogP contribution in [-0.4, -0.2) is 22.3 Å². The Morgan fingerprint density at radius 2 is 2.47 bits per heavy atom. The summed E-state index contributed by atoms with van der Waals surface area (Å²) in [4.78, 5) is 15.7. The van der Waals surface area contributed by atoms with Crippen LogP contribution in [-0.2, 0) is 11.3 Å². The first-order valence-corrected chi connectivity index (χ1v) is 6.02. The van der Waals surface area contributed by atoms with Gasteiger partial charge in [0.15, 0.2) is 17.5 Å². The van der Waals surface area contributed by atoms with Crippen LogP contribution in [0.1, 0.15) is 5.56 Å². The lowest BCUT2D eigenvalue weighted by molar-refractivity contribution is -0.684. The number of nitrogens with one attached hydrogen (secondary N) is 1. The van der Waals surface area contributed by atoms with E-state index in [0.29, 0.717) is 10.7 Å². The molecule has 0 aliphatic carbocycles. The molecular formula is C11H11ClN4O2S. The van der Waals surface area contributed by atoms with Crippen LogP contribution in [0.15, 0.2) is 41.3 Å². The summed E-state index contributed by atoms with van der Waals surface area (Å²) in [6, 6.07) is 3.54. The third kappa shape index (κ3) is 4.65. The van der Waals surface area contributed by atoms with Crippen molar-refractivity contribution in [1.29, 1.82) is 0 Å². The van der Waals surface area contributed by atoms with Crippen molar-refractivity contribution in [1.82, 2.24) is 4.98 Å². The summed E-state index contributed by atoms with van der Waals surface area (Å²) in [7, 11) is 0. The number of anilines is 1. The molecule has 0 saturated carbocycles. The second-order valence-electron chi connectivity index (χ2n) is 3.44. The lowest BCUT2D eigenvalue weighted by Gasteiger charge is -1.98. The minimum absolute atomic E-state index is 0. The lowest BCUT2D eigenvalue weighted by Crippen LogP contribution is -3.00. The summed E-state index contributed by atoms with van der Waals surface area (Å²) in [5.41, 5.74) is 0.710. The Labute approximate surface area is 119 Å². The zero-order valence-corrected chi connectivity index (χ0v) is 11.3. The van der Waals surface area contributed by atoms with E-state index in [-0.39, 0.29) is 24.9 Å². The molecule has 0 radical (unpaired) electrons. The summed E-state index contributed by atoms with van der Waals surface area (Å²) in [5.74, 6) is -0.159. The van der Waals surface area contributed by atoms with E-state index in [1.165, 1.54) is 17.6 Å². The number of carbonyl (C=O) groups is 1. The fourth-order valence-electron chi connectivity index (χ4n) is 1.39. The van der Waals surface area contributed by atoms with Crippen molar-refractivity contribution >= 4 is 28.6 Å². The van der Waals surface area contributed by atoms with Gasteiger partial charge in [0.25, 0.3) is 5.91 Å². The normalized spacial score (nSPS) is 10.1. The Kier molecular flexibility index (Phi) is 5.91. The summed E-state index contributed by atoms with van der Waals surface area (Å²) in [6.07, 6.45) is 6.40. The molecule has 1 amide bonds. The molecule has 2 N–H and O–H groups in total. The molecule has 2 heterocycles. The molecule has 8 heteroatoms. The summed E-state index contributed by atoms with van der Waals surface area (Å²) < 4.78 is 1.69. The maximum absolute atomic E-state index is 11.7. The Bertz CT molecular complexity index is 560. The molecule has 6 nitrogen and oxygen atoms in total. The van der Waals surface area contributed by atoms with E-state index in [2.05, 4.69) is 15.5 Å². The summed E-state index contributed by atoms with van der Waals surface area (Å²) >= 11 is 1.37. The van der Waals surface area contributed by atoms with E-state index in [1.54, 1.807) is 40.7 Å². The highest BCUT2D eigenvalue weighted by atomic mass is 35.5. The van der Waals surface area contributed by atoms with Crippen molar-refractivity contribution in [3.8, 4) is 0 Å². The average Bonchev–Trinajstić information content (AvgIpc) is 2.82. The number of hydrogen-bond acceptors (Lipinski definition) is 5.